The van der Waals surface area contributed by atoms with E-state index in [0.29, 0.717) is 13.2 Å². The zero-order valence-electron chi connectivity index (χ0n) is 13.8. The van der Waals surface area contributed by atoms with Gasteiger partial charge in [0.05, 0.1) is 25.2 Å². The number of methoxy groups -OCH3 is 1. The second-order valence-corrected chi connectivity index (χ2v) is 7.47. The zero-order chi connectivity index (χ0) is 18.2. The van der Waals surface area contributed by atoms with Crippen LogP contribution in [-0.4, -0.2) is 66.3 Å². The molecule has 25 heavy (non-hydrogen) atoms. The largest absolute Gasteiger partial charge is 0.467 e. The van der Waals surface area contributed by atoms with Crippen molar-refractivity contribution in [2.24, 2.45) is 0 Å². The van der Waals surface area contributed by atoms with Gasteiger partial charge in [0, 0.05) is 19.3 Å². The predicted molar refractivity (Wildman–Crippen MR) is 85.8 cm³/mol. The quantitative estimate of drug-likeness (QED) is 0.651. The summed E-state index contributed by atoms with van der Waals surface area (Å²) in [6.07, 6.45) is 1.22. The minimum Gasteiger partial charge on any atom is -0.467 e. The summed E-state index contributed by atoms with van der Waals surface area (Å²) in [4.78, 5) is 24.1. The fraction of sp³-hybridized carbons (Fsp3) is 0.500. The van der Waals surface area contributed by atoms with Gasteiger partial charge in [0.1, 0.15) is 0 Å². The Kier molecular flexibility index (Phi) is 4.62. The van der Waals surface area contributed by atoms with Crippen LogP contribution in [0.1, 0.15) is 13.0 Å². The van der Waals surface area contributed by atoms with E-state index in [0.717, 1.165) is 9.08 Å². The summed E-state index contributed by atoms with van der Waals surface area (Å²) in [5.74, 6) is -0.619. The van der Waals surface area contributed by atoms with Gasteiger partial charge >= 0.3 is 11.7 Å². The molecule has 0 N–H and O–H groups in total. The van der Waals surface area contributed by atoms with E-state index < -0.39 is 27.7 Å². The fourth-order valence-electron chi connectivity index (χ4n) is 2.58. The van der Waals surface area contributed by atoms with Gasteiger partial charge in [-0.2, -0.15) is 8.99 Å². The molecule has 0 spiro atoms. The molecule has 0 aromatic carbocycles. The molecule has 1 atom stereocenters. The van der Waals surface area contributed by atoms with Crippen molar-refractivity contribution in [1.82, 2.24) is 18.5 Å². The van der Waals surface area contributed by atoms with Crippen LogP contribution in [0.15, 0.2) is 28.0 Å². The van der Waals surface area contributed by atoms with Crippen LogP contribution in [0.4, 0.5) is 0 Å². The molecule has 2 aromatic heterocycles. The number of morpholine rings is 1. The van der Waals surface area contributed by atoms with E-state index in [1.165, 1.54) is 36.7 Å². The number of fused-ring (bicyclic) bond motifs is 1. The van der Waals surface area contributed by atoms with Gasteiger partial charge in [-0.15, -0.1) is 5.10 Å². The van der Waals surface area contributed by atoms with Gasteiger partial charge in [0.15, 0.2) is 11.7 Å². The van der Waals surface area contributed by atoms with Gasteiger partial charge in [-0.3, -0.25) is 0 Å². The maximum Gasteiger partial charge on any atom is 0.351 e. The van der Waals surface area contributed by atoms with Crippen molar-refractivity contribution in [3.05, 3.63) is 28.8 Å². The van der Waals surface area contributed by atoms with Crippen LogP contribution < -0.4 is 5.69 Å². The number of ether oxygens (including phenoxy) is 2. The standard InChI is InChI=1S/C14H18N4O6S/c1-10(13(19)23-2)18-14(20)17-9-11(3-4-12(17)15-18)25(21,22)16-5-7-24-8-6-16/h3-4,9-10H,5-8H2,1-2H3/t10-/m1/s1. The van der Waals surface area contributed by atoms with E-state index in [1.807, 2.05) is 0 Å². The molecule has 0 radical (unpaired) electrons. The zero-order valence-corrected chi connectivity index (χ0v) is 14.6. The molecule has 1 fully saturated rings. The molecular weight excluding hydrogens is 352 g/mol. The smallest absolute Gasteiger partial charge is 0.351 e. The third-order valence-electron chi connectivity index (χ3n) is 4.03. The maximum atomic E-state index is 12.7. The molecule has 1 saturated heterocycles. The molecule has 3 rings (SSSR count). The molecule has 1 aliphatic rings. The van der Waals surface area contributed by atoms with Crippen molar-refractivity contribution in [3.63, 3.8) is 0 Å². The highest BCUT2D eigenvalue weighted by Crippen LogP contribution is 2.17. The van der Waals surface area contributed by atoms with Gasteiger partial charge in [0.2, 0.25) is 10.0 Å². The summed E-state index contributed by atoms with van der Waals surface area (Å²) >= 11 is 0. The fourth-order valence-corrected chi connectivity index (χ4v) is 3.99. The van der Waals surface area contributed by atoms with Crippen LogP contribution in [0.2, 0.25) is 0 Å². The topological polar surface area (TPSA) is 112 Å². The third kappa shape index (κ3) is 3.05. The minimum atomic E-state index is -3.74. The summed E-state index contributed by atoms with van der Waals surface area (Å²) in [5.41, 5.74) is -0.381. The second kappa shape index (κ2) is 6.58. The Bertz CT molecular complexity index is 957. The molecule has 11 heteroatoms. The predicted octanol–water partition coefficient (Wildman–Crippen LogP) is -0.749. The number of carbonyl (C=O) groups excluding carboxylic acids is 1. The van der Waals surface area contributed by atoms with Crippen molar-refractivity contribution < 1.29 is 22.7 Å². The number of rotatable bonds is 4. The highest BCUT2D eigenvalue weighted by atomic mass is 32.2. The molecule has 1 aliphatic heterocycles. The molecule has 3 heterocycles. The van der Waals surface area contributed by atoms with Crippen LogP contribution in [0, 0.1) is 0 Å². The Morgan fingerprint density at radius 1 is 1.32 bits per heavy atom. The lowest BCUT2D eigenvalue weighted by atomic mass is 10.3. The highest BCUT2D eigenvalue weighted by Gasteiger charge is 2.27. The lowest BCUT2D eigenvalue weighted by Crippen LogP contribution is -2.40. The Hall–Kier alpha value is -2.24. The van der Waals surface area contributed by atoms with Crippen LogP contribution in [-0.2, 0) is 24.3 Å². The summed E-state index contributed by atoms with van der Waals surface area (Å²) in [5, 5.41) is 4.05. The first kappa shape index (κ1) is 17.6. The average molecular weight is 370 g/mol. The number of esters is 1. The van der Waals surface area contributed by atoms with Crippen LogP contribution in [0.25, 0.3) is 5.65 Å². The Morgan fingerprint density at radius 3 is 2.64 bits per heavy atom. The minimum absolute atomic E-state index is 0.0192. The second-order valence-electron chi connectivity index (χ2n) is 5.54. The molecule has 0 saturated carbocycles. The Balaban J connectivity index is 2.04. The van der Waals surface area contributed by atoms with Crippen molar-refractivity contribution >= 4 is 21.6 Å². The number of nitrogens with zero attached hydrogens (tertiary/aromatic N) is 4. The van der Waals surface area contributed by atoms with Gasteiger partial charge in [-0.05, 0) is 19.1 Å². The van der Waals surface area contributed by atoms with Crippen molar-refractivity contribution in [1.29, 1.82) is 0 Å². The lowest BCUT2D eigenvalue weighted by Gasteiger charge is -2.25. The first-order chi connectivity index (χ1) is 11.9. The molecule has 2 aromatic rings. The number of aromatic nitrogens is 3. The van der Waals surface area contributed by atoms with E-state index in [4.69, 9.17) is 4.74 Å². The van der Waals surface area contributed by atoms with Crippen molar-refractivity contribution in [2.75, 3.05) is 33.4 Å². The van der Waals surface area contributed by atoms with E-state index in [9.17, 15) is 18.0 Å². The van der Waals surface area contributed by atoms with Gasteiger partial charge in [0.25, 0.3) is 0 Å². The monoisotopic (exact) mass is 370 g/mol. The van der Waals surface area contributed by atoms with Crippen LogP contribution in [0.3, 0.4) is 0 Å². The number of pyridine rings is 1. The van der Waals surface area contributed by atoms with Crippen molar-refractivity contribution in [2.45, 2.75) is 17.9 Å². The van der Waals surface area contributed by atoms with Gasteiger partial charge in [-0.25, -0.2) is 22.4 Å². The first-order valence-corrected chi connectivity index (χ1v) is 9.07. The van der Waals surface area contributed by atoms with E-state index >= 15 is 0 Å². The van der Waals surface area contributed by atoms with Gasteiger partial charge in [-0.1, -0.05) is 0 Å². The highest BCUT2D eigenvalue weighted by molar-refractivity contribution is 7.89. The van der Waals surface area contributed by atoms with Gasteiger partial charge < -0.3 is 9.47 Å². The number of carbonyl (C=O) groups is 1. The third-order valence-corrected chi connectivity index (χ3v) is 5.91. The van der Waals surface area contributed by atoms with Crippen molar-refractivity contribution in [3.8, 4) is 0 Å². The average Bonchev–Trinajstić information content (AvgIpc) is 2.97. The SMILES string of the molecule is COC(=O)[C@@H](C)n1nc2ccc(S(=O)(=O)N3CCOCC3)cn2c1=O. The van der Waals surface area contributed by atoms with Crippen LogP contribution in [0.5, 0.6) is 0 Å². The lowest BCUT2D eigenvalue weighted by molar-refractivity contribution is -0.144. The molecule has 0 amide bonds. The normalized spacial score (nSPS) is 17.5. The summed E-state index contributed by atoms with van der Waals surface area (Å²) in [6, 6.07) is 1.89. The Labute approximate surface area is 143 Å². The molecule has 10 nitrogen and oxygen atoms in total. The summed E-state index contributed by atoms with van der Waals surface area (Å²) in [7, 11) is -2.52. The maximum absolute atomic E-state index is 12.7. The molecular formula is C14H18N4O6S. The van der Waals surface area contributed by atoms with E-state index in [1.54, 1.807) is 0 Å². The number of sulfonamides is 1. The van der Waals surface area contributed by atoms with E-state index in [-0.39, 0.29) is 23.6 Å². The number of hydrogen-bond donors (Lipinski definition) is 0. The molecule has 0 bridgehead atoms. The molecule has 136 valence electrons. The summed E-state index contributed by atoms with van der Waals surface area (Å²) < 4.78 is 38.5. The van der Waals surface area contributed by atoms with E-state index in [2.05, 4.69) is 9.84 Å². The molecule has 0 aliphatic carbocycles. The van der Waals surface area contributed by atoms with Crippen LogP contribution >= 0.6 is 0 Å². The Morgan fingerprint density at radius 2 is 2.00 bits per heavy atom. The first-order valence-electron chi connectivity index (χ1n) is 7.63. The summed E-state index contributed by atoms with van der Waals surface area (Å²) in [6.45, 7) is 2.65. The number of hydrogen-bond acceptors (Lipinski definition) is 7. The molecule has 0 unspecified atom stereocenters.